The quantitative estimate of drug-likeness (QED) is 0.254. The average molecular weight is 423 g/mol. The Morgan fingerprint density at radius 3 is 2.93 bits per heavy atom. The topological polar surface area (TPSA) is 95.6 Å². The second kappa shape index (κ2) is 11.3. The van der Waals surface area contributed by atoms with Crippen molar-refractivity contribution >= 4 is 20.8 Å². The maximum Gasteiger partial charge on any atom is 0.397 e. The van der Waals surface area contributed by atoms with Crippen LogP contribution in [0.1, 0.15) is 30.9 Å². The summed E-state index contributed by atoms with van der Waals surface area (Å²) in [6.45, 7) is 5.22. The smallest absolute Gasteiger partial charge is 0.397 e. The number of ether oxygens (including phenoxy) is 1. The zero-order valence-corrected chi connectivity index (χ0v) is 18.4. The summed E-state index contributed by atoms with van der Waals surface area (Å²) in [6.07, 6.45) is 5.21. The third kappa shape index (κ3) is 6.51. The van der Waals surface area contributed by atoms with E-state index in [4.69, 9.17) is 24.0 Å². The van der Waals surface area contributed by atoms with Gasteiger partial charge in [-0.2, -0.15) is 0 Å². The molecule has 1 aliphatic heterocycles. The Bertz CT molecular complexity index is 737. The van der Waals surface area contributed by atoms with Gasteiger partial charge in [-0.05, 0) is 31.4 Å². The third-order valence-corrected chi connectivity index (χ3v) is 5.96. The van der Waals surface area contributed by atoms with Crippen molar-refractivity contribution in [1.29, 1.82) is 0 Å². The highest BCUT2D eigenvalue weighted by atomic mass is 31.2. The minimum Gasteiger partial charge on any atom is -0.426 e. The Labute approximate surface area is 173 Å². The lowest BCUT2D eigenvalue weighted by molar-refractivity contribution is -0.117. The van der Waals surface area contributed by atoms with Crippen molar-refractivity contribution in [3.05, 3.63) is 41.6 Å². The molecule has 8 nitrogen and oxygen atoms in total. The van der Waals surface area contributed by atoms with E-state index in [-0.39, 0.29) is 0 Å². The molecule has 2 rings (SSSR count). The average Bonchev–Trinajstić information content (AvgIpc) is 2.76. The predicted octanol–water partition coefficient (Wildman–Crippen LogP) is 3.29. The number of aryl methyl sites for hydroxylation is 1. The lowest BCUT2D eigenvalue weighted by atomic mass is 9.97. The molecule has 1 amide bonds. The van der Waals surface area contributed by atoms with Crippen molar-refractivity contribution in [3.63, 3.8) is 0 Å². The van der Waals surface area contributed by atoms with Crippen molar-refractivity contribution in [2.45, 2.75) is 38.9 Å². The Hall–Kier alpha value is -1.99. The van der Waals surface area contributed by atoms with E-state index in [0.29, 0.717) is 38.4 Å². The zero-order valence-electron chi connectivity index (χ0n) is 17.5. The minimum atomic E-state index is -1.51. The van der Waals surface area contributed by atoms with E-state index in [2.05, 4.69) is 4.99 Å². The van der Waals surface area contributed by atoms with Crippen molar-refractivity contribution in [2.75, 3.05) is 27.3 Å². The van der Waals surface area contributed by atoms with Gasteiger partial charge >= 0.3 is 8.60 Å². The van der Waals surface area contributed by atoms with Crippen LogP contribution in [0.4, 0.5) is 0 Å². The molecule has 0 bridgehead atoms. The number of aliphatic imine (C=N–C) groups is 1. The summed E-state index contributed by atoms with van der Waals surface area (Å²) in [6, 6.07) is 5.97. The van der Waals surface area contributed by atoms with Crippen LogP contribution >= 0.6 is 8.60 Å². The van der Waals surface area contributed by atoms with E-state index in [1.807, 2.05) is 32.0 Å². The van der Waals surface area contributed by atoms with Crippen LogP contribution in [0, 0.1) is 6.92 Å². The summed E-state index contributed by atoms with van der Waals surface area (Å²) >= 11 is 0. The van der Waals surface area contributed by atoms with E-state index in [1.165, 1.54) is 4.90 Å². The van der Waals surface area contributed by atoms with Crippen LogP contribution < -0.4 is 10.3 Å². The molecule has 0 radical (unpaired) electrons. The number of rotatable bonds is 11. The fraction of sp³-hybridized carbons (Fsp3) is 0.500. The lowest BCUT2D eigenvalue weighted by Gasteiger charge is -2.34. The van der Waals surface area contributed by atoms with Crippen LogP contribution in [-0.4, -0.2) is 50.1 Å². The first-order valence-electron chi connectivity index (χ1n) is 9.46. The van der Waals surface area contributed by atoms with Gasteiger partial charge in [0.2, 0.25) is 6.41 Å². The van der Waals surface area contributed by atoms with Gasteiger partial charge in [0.15, 0.2) is 0 Å². The fourth-order valence-electron chi connectivity index (χ4n) is 2.81. The largest absolute Gasteiger partial charge is 0.426 e. The minimum absolute atomic E-state index is 0.294. The van der Waals surface area contributed by atoms with Gasteiger partial charge < -0.3 is 19.9 Å². The molecule has 1 aliphatic rings. The number of methoxy groups -OCH3 is 1. The van der Waals surface area contributed by atoms with E-state index in [1.54, 1.807) is 26.4 Å². The molecule has 1 aromatic rings. The summed E-state index contributed by atoms with van der Waals surface area (Å²) in [7, 11) is 1.73. The molecule has 160 valence electrons. The highest BCUT2D eigenvalue weighted by molar-refractivity contribution is 7.42. The van der Waals surface area contributed by atoms with Crippen LogP contribution in [0.5, 0.6) is 5.75 Å². The van der Waals surface area contributed by atoms with Gasteiger partial charge in [-0.3, -0.25) is 18.8 Å². The number of nitrogens with two attached hydrogens (primary N) is 1. The highest BCUT2D eigenvalue weighted by Gasteiger charge is 2.33. The van der Waals surface area contributed by atoms with Crippen LogP contribution in [0.2, 0.25) is 0 Å². The molecule has 1 heterocycles. The van der Waals surface area contributed by atoms with Gasteiger partial charge in [-0.1, -0.05) is 25.1 Å². The van der Waals surface area contributed by atoms with Gasteiger partial charge in [0, 0.05) is 32.5 Å². The Kier molecular flexibility index (Phi) is 9.04. The molecule has 0 saturated heterocycles. The van der Waals surface area contributed by atoms with Crippen LogP contribution in [-0.2, 0) is 25.2 Å². The number of fused-ring (bicyclic) bond motifs is 1. The molecule has 0 saturated carbocycles. The van der Waals surface area contributed by atoms with Gasteiger partial charge in [0.25, 0.3) is 0 Å². The zero-order chi connectivity index (χ0) is 21.3. The van der Waals surface area contributed by atoms with Crippen LogP contribution in [0.15, 0.2) is 35.5 Å². The second-order valence-corrected chi connectivity index (χ2v) is 7.87. The third-order valence-electron chi connectivity index (χ3n) is 4.95. The number of nitrogens with zero attached hydrogens (tertiary/aromatic N) is 2. The van der Waals surface area contributed by atoms with Crippen molar-refractivity contribution < 1.29 is 23.1 Å². The molecule has 29 heavy (non-hydrogen) atoms. The van der Waals surface area contributed by atoms with Gasteiger partial charge in [0.1, 0.15) is 11.6 Å². The summed E-state index contributed by atoms with van der Waals surface area (Å²) in [5.74, 6) is 1.18. The number of hydrogen-bond donors (Lipinski definition) is 1. The SMILES string of the molecule is CC[C@](CCN(C=O)/C=C\C(N)=N/C)(COP1OCc2cccc(C)c2O1)OC. The van der Waals surface area contributed by atoms with E-state index < -0.39 is 14.2 Å². The number of amidine groups is 1. The highest BCUT2D eigenvalue weighted by Crippen LogP contribution is 2.49. The van der Waals surface area contributed by atoms with E-state index in [0.717, 1.165) is 23.3 Å². The summed E-state index contributed by atoms with van der Waals surface area (Å²) in [5, 5.41) is 0. The van der Waals surface area contributed by atoms with Crippen molar-refractivity contribution in [2.24, 2.45) is 10.7 Å². The number of carbonyl (C=O) groups is 1. The molecule has 2 N–H and O–H groups in total. The summed E-state index contributed by atoms with van der Waals surface area (Å²) in [4.78, 5) is 16.7. The number of benzene rings is 1. The molecular formula is C20H30N3O5P. The lowest BCUT2D eigenvalue weighted by Crippen LogP contribution is -2.39. The van der Waals surface area contributed by atoms with E-state index in [9.17, 15) is 4.79 Å². The molecular weight excluding hydrogens is 393 g/mol. The van der Waals surface area contributed by atoms with Gasteiger partial charge in [0.05, 0.1) is 18.8 Å². The maximum atomic E-state index is 11.3. The molecule has 1 unspecified atom stereocenters. The van der Waals surface area contributed by atoms with Crippen LogP contribution in [0.25, 0.3) is 0 Å². The predicted molar refractivity (Wildman–Crippen MR) is 114 cm³/mol. The molecule has 0 aromatic heterocycles. The monoisotopic (exact) mass is 423 g/mol. The molecule has 1 aromatic carbocycles. The Balaban J connectivity index is 1.95. The summed E-state index contributed by atoms with van der Waals surface area (Å²) < 4.78 is 23.4. The molecule has 2 atom stereocenters. The van der Waals surface area contributed by atoms with Gasteiger partial charge in [-0.15, -0.1) is 0 Å². The molecule has 0 spiro atoms. The maximum absolute atomic E-state index is 11.3. The standard InChI is InChI=1S/C20H30N3O5P/c1-5-20(25-4,10-12-23(15-24)11-9-18(21)22-3)14-27-29-26-13-17-8-6-7-16(2)19(17)28-29/h6-9,11,15H,5,10,12-14H2,1-4H3,(H2,21,22)/b11-9-/t20-,29?/m0/s1. The Morgan fingerprint density at radius 2 is 2.28 bits per heavy atom. The number of carbonyl (C=O) groups excluding carboxylic acids is 1. The fourth-order valence-corrected chi connectivity index (χ4v) is 3.99. The van der Waals surface area contributed by atoms with Crippen molar-refractivity contribution in [1.82, 2.24) is 4.90 Å². The van der Waals surface area contributed by atoms with E-state index >= 15 is 0 Å². The van der Waals surface area contributed by atoms with Crippen LogP contribution in [0.3, 0.4) is 0 Å². The molecule has 0 fully saturated rings. The van der Waals surface area contributed by atoms with Crippen molar-refractivity contribution in [3.8, 4) is 5.75 Å². The number of hydrogen-bond acceptors (Lipinski definition) is 6. The Morgan fingerprint density at radius 1 is 1.48 bits per heavy atom. The number of para-hydroxylation sites is 1. The molecule has 0 aliphatic carbocycles. The first-order chi connectivity index (χ1) is 14.0. The number of amides is 1. The summed E-state index contributed by atoms with van der Waals surface area (Å²) in [5.41, 5.74) is 7.14. The first kappa shape index (κ1) is 23.3. The normalized spacial score (nSPS) is 18.8. The van der Waals surface area contributed by atoms with Gasteiger partial charge in [-0.25, -0.2) is 0 Å². The second-order valence-electron chi connectivity index (χ2n) is 6.72. The first-order valence-corrected chi connectivity index (χ1v) is 10.6. The molecule has 9 heteroatoms.